The zero-order valence-electron chi connectivity index (χ0n) is 13.4. The zero-order chi connectivity index (χ0) is 17.4. The number of nitrogens with zero attached hydrogens (tertiary/aromatic N) is 2. The van der Waals surface area contributed by atoms with E-state index in [1.165, 1.54) is 22.0 Å². The van der Waals surface area contributed by atoms with Crippen molar-refractivity contribution in [3.63, 3.8) is 0 Å². The molecule has 1 aromatic rings. The lowest BCUT2D eigenvalue weighted by Gasteiger charge is -2.22. The molecule has 0 spiro atoms. The average Bonchev–Trinajstić information content (AvgIpc) is 2.48. The predicted octanol–water partition coefficient (Wildman–Crippen LogP) is 2.68. The van der Waals surface area contributed by atoms with Gasteiger partial charge < -0.3 is 19.6 Å². The van der Waals surface area contributed by atoms with Gasteiger partial charge in [-0.25, -0.2) is 4.79 Å². The molecule has 1 unspecified atom stereocenters. The molecule has 126 valence electrons. The molecule has 0 aliphatic carbocycles. The van der Waals surface area contributed by atoms with Crippen molar-refractivity contribution in [3.05, 3.63) is 40.0 Å². The van der Waals surface area contributed by atoms with Crippen LogP contribution in [0.1, 0.15) is 6.92 Å². The van der Waals surface area contributed by atoms with E-state index in [1.54, 1.807) is 14.1 Å². The highest BCUT2D eigenvalue weighted by Crippen LogP contribution is 2.15. The molecule has 0 radical (unpaired) electrons. The molecule has 0 aromatic heterocycles. The Kier molecular flexibility index (Phi) is 7.87. The molecule has 1 atom stereocenters. The number of carbonyl (C=O) groups excluding carboxylic acids is 1. The third-order valence-electron chi connectivity index (χ3n) is 2.93. The number of halogens is 1. The van der Waals surface area contributed by atoms with Crippen molar-refractivity contribution in [1.82, 2.24) is 9.80 Å². The summed E-state index contributed by atoms with van der Waals surface area (Å²) in [4.78, 5) is 25.3. The molecule has 1 rings (SSSR count). The molecule has 0 fully saturated rings. The standard InChI is InChI=1S/C16H21IN2O4/c1-12(23-14-8-6-13(17)7-9-14)11-19(16(21)22)10-4-5-15(20)18(2)3/h4-9,12H,10-11H2,1-3H3,(H,21,22). The van der Waals surface area contributed by atoms with Gasteiger partial charge in [0.25, 0.3) is 0 Å². The van der Waals surface area contributed by atoms with E-state index in [4.69, 9.17) is 4.74 Å². The van der Waals surface area contributed by atoms with Crippen molar-refractivity contribution < 1.29 is 19.4 Å². The van der Waals surface area contributed by atoms with E-state index in [2.05, 4.69) is 22.6 Å². The largest absolute Gasteiger partial charge is 0.489 e. The van der Waals surface area contributed by atoms with E-state index in [1.807, 2.05) is 31.2 Å². The molecule has 23 heavy (non-hydrogen) atoms. The first-order valence-corrected chi connectivity index (χ1v) is 8.15. The van der Waals surface area contributed by atoms with Crippen molar-refractivity contribution in [3.8, 4) is 5.75 Å². The van der Waals surface area contributed by atoms with Gasteiger partial charge in [0, 0.05) is 30.3 Å². The lowest BCUT2D eigenvalue weighted by molar-refractivity contribution is -0.123. The Labute approximate surface area is 149 Å². The highest BCUT2D eigenvalue weighted by Gasteiger charge is 2.15. The minimum Gasteiger partial charge on any atom is -0.489 e. The van der Waals surface area contributed by atoms with Crippen LogP contribution in [-0.2, 0) is 4.79 Å². The number of carbonyl (C=O) groups is 2. The molecule has 1 aromatic carbocycles. The van der Waals surface area contributed by atoms with Crippen LogP contribution in [0.3, 0.4) is 0 Å². The number of hydrogen-bond donors (Lipinski definition) is 1. The Balaban J connectivity index is 2.56. The summed E-state index contributed by atoms with van der Waals surface area (Å²) in [7, 11) is 3.27. The van der Waals surface area contributed by atoms with Crippen LogP contribution in [0.5, 0.6) is 5.75 Å². The molecule has 0 saturated carbocycles. The average molecular weight is 432 g/mol. The van der Waals surface area contributed by atoms with Gasteiger partial charge in [0.2, 0.25) is 5.91 Å². The highest BCUT2D eigenvalue weighted by molar-refractivity contribution is 14.1. The first-order chi connectivity index (χ1) is 10.8. The van der Waals surface area contributed by atoms with Crippen LogP contribution < -0.4 is 4.74 Å². The summed E-state index contributed by atoms with van der Waals surface area (Å²) >= 11 is 2.20. The van der Waals surface area contributed by atoms with Crippen LogP contribution in [0.15, 0.2) is 36.4 Å². The van der Waals surface area contributed by atoms with Gasteiger partial charge in [-0.3, -0.25) is 4.79 Å². The van der Waals surface area contributed by atoms with Gasteiger partial charge in [-0.05, 0) is 53.8 Å². The maximum atomic E-state index is 11.4. The summed E-state index contributed by atoms with van der Waals surface area (Å²) in [5, 5.41) is 9.24. The second-order valence-electron chi connectivity index (χ2n) is 5.20. The summed E-state index contributed by atoms with van der Waals surface area (Å²) in [6, 6.07) is 7.54. The molecule has 2 amide bonds. The Hall–Kier alpha value is -1.77. The van der Waals surface area contributed by atoms with Crippen molar-refractivity contribution in [2.45, 2.75) is 13.0 Å². The van der Waals surface area contributed by atoms with Gasteiger partial charge in [0.05, 0.1) is 6.54 Å². The molecule has 0 aliphatic rings. The van der Waals surface area contributed by atoms with Crippen LogP contribution in [0, 0.1) is 3.57 Å². The van der Waals surface area contributed by atoms with Crippen LogP contribution >= 0.6 is 22.6 Å². The Bertz CT molecular complexity index is 558. The molecular weight excluding hydrogens is 411 g/mol. The minimum absolute atomic E-state index is 0.134. The van der Waals surface area contributed by atoms with Crippen LogP contribution in [0.2, 0.25) is 0 Å². The maximum Gasteiger partial charge on any atom is 0.407 e. The summed E-state index contributed by atoms with van der Waals surface area (Å²) in [5.41, 5.74) is 0. The van der Waals surface area contributed by atoms with Gasteiger partial charge in [0.1, 0.15) is 11.9 Å². The highest BCUT2D eigenvalue weighted by atomic mass is 127. The van der Waals surface area contributed by atoms with E-state index < -0.39 is 6.09 Å². The number of likely N-dealkylation sites (N-methyl/N-ethyl adjacent to an activating group) is 1. The summed E-state index contributed by atoms with van der Waals surface area (Å²) in [5.74, 6) is 0.514. The first-order valence-electron chi connectivity index (χ1n) is 7.07. The van der Waals surface area contributed by atoms with Crippen LogP contribution in [0.4, 0.5) is 4.79 Å². The lowest BCUT2D eigenvalue weighted by Crippen LogP contribution is -2.37. The Morgan fingerprint density at radius 2 is 1.91 bits per heavy atom. The van der Waals surface area contributed by atoms with Crippen LogP contribution in [0.25, 0.3) is 0 Å². The fraction of sp³-hybridized carbons (Fsp3) is 0.375. The molecule has 0 bridgehead atoms. The monoisotopic (exact) mass is 432 g/mol. The van der Waals surface area contributed by atoms with Crippen LogP contribution in [-0.4, -0.2) is 60.2 Å². The normalized spacial score (nSPS) is 12.0. The number of ether oxygens (including phenoxy) is 1. The minimum atomic E-state index is -1.05. The summed E-state index contributed by atoms with van der Waals surface area (Å²) in [6.45, 7) is 2.15. The number of benzene rings is 1. The molecule has 0 saturated heterocycles. The number of hydrogen-bond acceptors (Lipinski definition) is 3. The predicted molar refractivity (Wildman–Crippen MR) is 96.7 cm³/mol. The Morgan fingerprint density at radius 1 is 1.30 bits per heavy atom. The maximum absolute atomic E-state index is 11.4. The fourth-order valence-electron chi connectivity index (χ4n) is 1.75. The van der Waals surface area contributed by atoms with Gasteiger partial charge in [-0.1, -0.05) is 6.08 Å². The van der Waals surface area contributed by atoms with Gasteiger partial charge in [-0.15, -0.1) is 0 Å². The summed E-state index contributed by atoms with van der Waals surface area (Å²) in [6.07, 6.45) is 1.54. The van der Waals surface area contributed by atoms with Crippen molar-refractivity contribution >= 4 is 34.6 Å². The van der Waals surface area contributed by atoms with Crippen molar-refractivity contribution in [2.24, 2.45) is 0 Å². The molecule has 0 heterocycles. The van der Waals surface area contributed by atoms with E-state index >= 15 is 0 Å². The molecular formula is C16H21IN2O4. The third kappa shape index (κ3) is 7.36. The fourth-order valence-corrected chi connectivity index (χ4v) is 2.11. The SMILES string of the molecule is CC(CN(CC=CC(=O)N(C)C)C(=O)O)Oc1ccc(I)cc1. The van der Waals surface area contributed by atoms with Crippen molar-refractivity contribution in [1.29, 1.82) is 0 Å². The Morgan fingerprint density at radius 3 is 2.43 bits per heavy atom. The van der Waals surface area contributed by atoms with E-state index in [0.717, 1.165) is 3.57 Å². The molecule has 1 N–H and O–H groups in total. The second-order valence-corrected chi connectivity index (χ2v) is 6.45. The molecule has 6 nitrogen and oxygen atoms in total. The summed E-state index contributed by atoms with van der Waals surface area (Å²) < 4.78 is 6.81. The first kappa shape index (κ1) is 19.3. The zero-order valence-corrected chi connectivity index (χ0v) is 15.6. The number of rotatable bonds is 7. The quantitative estimate of drug-likeness (QED) is 0.532. The topological polar surface area (TPSA) is 70.1 Å². The number of carboxylic acid groups (broad SMARTS) is 1. The molecule has 0 aliphatic heterocycles. The van der Waals surface area contributed by atoms with Crippen molar-refractivity contribution in [2.75, 3.05) is 27.2 Å². The van der Waals surface area contributed by atoms with Gasteiger partial charge in [0.15, 0.2) is 0 Å². The third-order valence-corrected chi connectivity index (χ3v) is 3.65. The van der Waals surface area contributed by atoms with Gasteiger partial charge >= 0.3 is 6.09 Å². The molecule has 7 heteroatoms. The number of amides is 2. The second kappa shape index (κ2) is 9.39. The van der Waals surface area contributed by atoms with Gasteiger partial charge in [-0.2, -0.15) is 0 Å². The van der Waals surface area contributed by atoms with E-state index in [0.29, 0.717) is 5.75 Å². The van der Waals surface area contributed by atoms with E-state index in [-0.39, 0.29) is 25.1 Å². The lowest BCUT2D eigenvalue weighted by atomic mass is 10.3. The van der Waals surface area contributed by atoms with E-state index in [9.17, 15) is 14.7 Å². The smallest absolute Gasteiger partial charge is 0.407 e.